The van der Waals surface area contributed by atoms with Gasteiger partial charge >= 0.3 is 6.18 Å². The van der Waals surface area contributed by atoms with Gasteiger partial charge in [-0.05, 0) is 44.4 Å². The predicted molar refractivity (Wildman–Crippen MR) is 120 cm³/mol. The van der Waals surface area contributed by atoms with Crippen molar-refractivity contribution in [1.82, 2.24) is 9.97 Å². The zero-order chi connectivity index (χ0) is 23.7. The highest BCUT2D eigenvalue weighted by atomic mass is 19.4. The number of unbranched alkanes of at least 4 members (excludes halogenated alkanes) is 1. The first-order valence-electron chi connectivity index (χ1n) is 10.1. The number of nitrogens with one attached hydrogen (secondary N) is 1. The number of carbonyl (C=O) groups excluding carboxylic acids is 1. The molecule has 0 bridgehead atoms. The Morgan fingerprint density at radius 1 is 1.30 bits per heavy atom. The quantitative estimate of drug-likeness (QED) is 0.426. The summed E-state index contributed by atoms with van der Waals surface area (Å²) < 4.78 is 44.3. The Bertz CT molecular complexity index is 976. The summed E-state index contributed by atoms with van der Waals surface area (Å²) in [5, 5.41) is 12.4. The van der Waals surface area contributed by atoms with E-state index >= 15 is 0 Å². The molecule has 0 saturated heterocycles. The number of alkyl halides is 3. The number of nitrogens with zero attached hydrogens (tertiary/aromatic N) is 3. The molecule has 33 heavy (non-hydrogen) atoms. The minimum Gasteiger partial charge on any atom is -0.477 e. The predicted octanol–water partition coefficient (Wildman–Crippen LogP) is 3.71. The second-order valence-corrected chi connectivity index (χ2v) is 6.98. The maximum absolute atomic E-state index is 13.0. The maximum atomic E-state index is 13.0. The van der Waals surface area contributed by atoms with Crippen molar-refractivity contribution in [3.8, 4) is 11.9 Å². The summed E-state index contributed by atoms with van der Waals surface area (Å²) >= 11 is 0. The standard InChI is InChI=1S/C21H25F3N6O2.CH4/c1-2-32-19-15(12-26)18(29-20(27)30-19)28-16(8-3-4-9-25)17(31)11-13-6-5-7-14(10-13)21(22,23)24;/h5-7,10,16H,2-4,8-9,11,25H2,1H3,(H3,27,28,29,30);1H4/t16-;/m1./s1. The van der Waals surface area contributed by atoms with Gasteiger partial charge in [0.2, 0.25) is 11.8 Å². The molecule has 180 valence electrons. The van der Waals surface area contributed by atoms with Gasteiger partial charge in [-0.15, -0.1) is 0 Å². The van der Waals surface area contributed by atoms with Crippen LogP contribution in [-0.4, -0.2) is 34.9 Å². The van der Waals surface area contributed by atoms with Gasteiger partial charge in [-0.2, -0.15) is 28.4 Å². The highest BCUT2D eigenvalue weighted by molar-refractivity contribution is 5.88. The van der Waals surface area contributed by atoms with E-state index in [0.717, 1.165) is 12.1 Å². The number of Topliss-reactive ketones (excluding diaryl/α,β-unsaturated/α-hetero) is 1. The molecule has 5 N–H and O–H groups in total. The SMILES string of the molecule is C.CCOc1nc(N)nc(N[C@H](CCCCN)C(=O)Cc2cccc(C(F)(F)F)c2)c1C#N. The highest BCUT2D eigenvalue weighted by Gasteiger charge is 2.31. The third-order valence-corrected chi connectivity index (χ3v) is 4.57. The van der Waals surface area contributed by atoms with Crippen molar-refractivity contribution in [2.45, 2.75) is 52.3 Å². The van der Waals surface area contributed by atoms with Gasteiger partial charge in [0, 0.05) is 6.42 Å². The van der Waals surface area contributed by atoms with Crippen LogP contribution in [0.25, 0.3) is 0 Å². The van der Waals surface area contributed by atoms with Crippen molar-refractivity contribution in [3.05, 3.63) is 41.0 Å². The number of ether oxygens (including phenoxy) is 1. The molecule has 1 heterocycles. The summed E-state index contributed by atoms with van der Waals surface area (Å²) in [6.07, 6.45) is -3.16. The molecule has 0 fully saturated rings. The van der Waals surface area contributed by atoms with E-state index in [1.807, 2.05) is 6.07 Å². The van der Waals surface area contributed by atoms with Crippen LogP contribution in [0.2, 0.25) is 0 Å². The van der Waals surface area contributed by atoms with Gasteiger partial charge in [-0.1, -0.05) is 25.6 Å². The molecule has 1 aromatic carbocycles. The van der Waals surface area contributed by atoms with E-state index in [4.69, 9.17) is 16.2 Å². The fourth-order valence-electron chi connectivity index (χ4n) is 3.06. The molecule has 0 radical (unpaired) electrons. The normalized spacial score (nSPS) is 11.8. The molecule has 2 aromatic rings. The van der Waals surface area contributed by atoms with Crippen molar-refractivity contribution in [2.75, 3.05) is 24.2 Å². The first-order valence-corrected chi connectivity index (χ1v) is 10.1. The molecule has 0 amide bonds. The van der Waals surface area contributed by atoms with Gasteiger partial charge in [0.05, 0.1) is 18.2 Å². The van der Waals surface area contributed by atoms with Gasteiger partial charge in [0.1, 0.15) is 6.07 Å². The minimum absolute atomic E-state index is 0. The monoisotopic (exact) mass is 466 g/mol. The molecule has 0 unspecified atom stereocenters. The van der Waals surface area contributed by atoms with E-state index in [2.05, 4.69) is 15.3 Å². The van der Waals surface area contributed by atoms with Crippen molar-refractivity contribution in [1.29, 1.82) is 5.26 Å². The molecule has 0 spiro atoms. The van der Waals surface area contributed by atoms with Gasteiger partial charge in [-0.25, -0.2) is 0 Å². The fourth-order valence-corrected chi connectivity index (χ4v) is 3.06. The van der Waals surface area contributed by atoms with Crippen molar-refractivity contribution in [2.24, 2.45) is 5.73 Å². The topological polar surface area (TPSA) is 140 Å². The Hall–Kier alpha value is -3.39. The molecule has 1 aromatic heterocycles. The number of benzene rings is 1. The Labute approximate surface area is 191 Å². The molecule has 8 nitrogen and oxygen atoms in total. The zero-order valence-electron chi connectivity index (χ0n) is 17.6. The van der Waals surface area contributed by atoms with Crippen LogP contribution in [-0.2, 0) is 17.4 Å². The third-order valence-electron chi connectivity index (χ3n) is 4.57. The summed E-state index contributed by atoms with van der Waals surface area (Å²) in [4.78, 5) is 20.9. The summed E-state index contributed by atoms with van der Waals surface area (Å²) in [6.45, 7) is 2.37. The van der Waals surface area contributed by atoms with Crippen LogP contribution in [0.3, 0.4) is 0 Å². The summed E-state index contributed by atoms with van der Waals surface area (Å²) in [6, 6.07) is 5.73. The van der Waals surface area contributed by atoms with Gasteiger partial charge in [-0.3, -0.25) is 4.79 Å². The second kappa shape index (κ2) is 12.6. The number of anilines is 2. The van der Waals surface area contributed by atoms with Gasteiger partial charge in [0.15, 0.2) is 17.2 Å². The van der Waals surface area contributed by atoms with Gasteiger partial charge in [0.25, 0.3) is 0 Å². The highest BCUT2D eigenvalue weighted by Crippen LogP contribution is 2.30. The van der Waals surface area contributed by atoms with Crippen LogP contribution in [0.1, 0.15) is 50.3 Å². The first kappa shape index (κ1) is 27.6. The van der Waals surface area contributed by atoms with E-state index in [1.54, 1.807) is 6.92 Å². The number of aromatic nitrogens is 2. The molecular weight excluding hydrogens is 437 g/mol. The van der Waals surface area contributed by atoms with E-state index in [0.29, 0.717) is 25.8 Å². The lowest BCUT2D eigenvalue weighted by Gasteiger charge is -2.20. The Morgan fingerprint density at radius 2 is 2.03 bits per heavy atom. The number of nitriles is 1. The fraction of sp³-hybridized carbons (Fsp3) is 0.455. The molecule has 0 aliphatic carbocycles. The Morgan fingerprint density at radius 3 is 2.64 bits per heavy atom. The van der Waals surface area contributed by atoms with Crippen LogP contribution in [0.15, 0.2) is 24.3 Å². The number of ketones is 1. The molecule has 1 atom stereocenters. The maximum Gasteiger partial charge on any atom is 0.416 e. The molecular formula is C22H29F3N6O2. The van der Waals surface area contributed by atoms with E-state index in [1.165, 1.54) is 12.1 Å². The van der Waals surface area contributed by atoms with Crippen LogP contribution in [0.5, 0.6) is 5.88 Å². The van der Waals surface area contributed by atoms with Crippen molar-refractivity contribution < 1.29 is 22.7 Å². The van der Waals surface area contributed by atoms with E-state index < -0.39 is 17.8 Å². The Kier molecular flexibility index (Phi) is 10.6. The van der Waals surface area contributed by atoms with Crippen molar-refractivity contribution in [3.63, 3.8) is 0 Å². The molecule has 0 aliphatic heterocycles. The molecule has 11 heteroatoms. The molecule has 2 rings (SSSR count). The lowest BCUT2D eigenvalue weighted by atomic mass is 9.98. The average molecular weight is 467 g/mol. The number of nitrogens with two attached hydrogens (primary N) is 2. The molecule has 0 aliphatic rings. The van der Waals surface area contributed by atoms with Crippen LogP contribution < -0.4 is 21.5 Å². The van der Waals surface area contributed by atoms with E-state index in [-0.39, 0.29) is 55.0 Å². The lowest BCUT2D eigenvalue weighted by Crippen LogP contribution is -2.32. The number of carbonyl (C=O) groups is 1. The van der Waals surface area contributed by atoms with Gasteiger partial charge < -0.3 is 21.5 Å². The average Bonchev–Trinajstić information content (AvgIpc) is 2.73. The summed E-state index contributed by atoms with van der Waals surface area (Å²) in [5.41, 5.74) is 10.6. The Balaban J connectivity index is 0.00000544. The first-order chi connectivity index (χ1) is 15.2. The number of hydrogen-bond acceptors (Lipinski definition) is 8. The largest absolute Gasteiger partial charge is 0.477 e. The second-order valence-electron chi connectivity index (χ2n) is 6.98. The number of halogens is 3. The lowest BCUT2D eigenvalue weighted by molar-refractivity contribution is -0.137. The van der Waals surface area contributed by atoms with E-state index in [9.17, 15) is 23.2 Å². The minimum atomic E-state index is -4.51. The third kappa shape index (κ3) is 7.91. The number of rotatable bonds is 11. The number of hydrogen-bond donors (Lipinski definition) is 3. The number of nitrogen functional groups attached to an aromatic ring is 1. The van der Waals surface area contributed by atoms with Crippen LogP contribution in [0, 0.1) is 11.3 Å². The summed E-state index contributed by atoms with van der Waals surface area (Å²) in [5.74, 6) is -0.504. The smallest absolute Gasteiger partial charge is 0.416 e. The van der Waals surface area contributed by atoms with Crippen LogP contribution >= 0.6 is 0 Å². The zero-order valence-corrected chi connectivity index (χ0v) is 17.6. The van der Waals surface area contributed by atoms with Crippen LogP contribution in [0.4, 0.5) is 24.9 Å². The summed E-state index contributed by atoms with van der Waals surface area (Å²) in [7, 11) is 0. The molecule has 0 saturated carbocycles. The van der Waals surface area contributed by atoms with Crippen molar-refractivity contribution >= 4 is 17.5 Å².